The molecule has 5 nitrogen and oxygen atoms in total. The van der Waals surface area contributed by atoms with Crippen LogP contribution in [0.25, 0.3) is 0 Å². The van der Waals surface area contributed by atoms with Gasteiger partial charge in [-0.15, -0.1) is 0 Å². The van der Waals surface area contributed by atoms with Gasteiger partial charge in [-0.05, 0) is 49.3 Å². The van der Waals surface area contributed by atoms with E-state index in [0.29, 0.717) is 17.7 Å². The van der Waals surface area contributed by atoms with Gasteiger partial charge in [0, 0.05) is 18.3 Å². The number of anilines is 1. The summed E-state index contributed by atoms with van der Waals surface area (Å²) in [6.45, 7) is 0.698. The summed E-state index contributed by atoms with van der Waals surface area (Å²) >= 11 is 5.65. The van der Waals surface area contributed by atoms with Crippen molar-refractivity contribution in [2.45, 2.75) is 25.4 Å². The third kappa shape index (κ3) is 3.94. The van der Waals surface area contributed by atoms with E-state index in [0.717, 1.165) is 35.7 Å². The van der Waals surface area contributed by atoms with Gasteiger partial charge in [0.25, 0.3) is 0 Å². The number of rotatable bonds is 6. The van der Waals surface area contributed by atoms with Gasteiger partial charge in [0.2, 0.25) is 0 Å². The van der Waals surface area contributed by atoms with E-state index < -0.39 is 0 Å². The summed E-state index contributed by atoms with van der Waals surface area (Å²) in [7, 11) is 3.28. The molecule has 6 heteroatoms. The number of nitrogens with one attached hydrogen (secondary N) is 1. The minimum Gasteiger partial charge on any atom is -0.497 e. The number of hydrogen-bond acceptors (Lipinski definition) is 4. The molecule has 0 aliphatic heterocycles. The van der Waals surface area contributed by atoms with Crippen LogP contribution in [-0.2, 0) is 6.54 Å². The van der Waals surface area contributed by atoms with Crippen LogP contribution in [0.5, 0.6) is 11.5 Å². The number of benzene rings is 1. The minimum atomic E-state index is 0.476. The van der Waals surface area contributed by atoms with Crippen LogP contribution in [0.4, 0.5) is 5.69 Å². The van der Waals surface area contributed by atoms with E-state index in [2.05, 4.69) is 15.2 Å². The van der Waals surface area contributed by atoms with Gasteiger partial charge >= 0.3 is 0 Å². The van der Waals surface area contributed by atoms with Crippen LogP contribution >= 0.6 is 12.2 Å². The highest BCUT2D eigenvalue weighted by atomic mass is 32.1. The molecule has 0 bridgehead atoms. The zero-order valence-electron chi connectivity index (χ0n) is 13.9. The Hall–Kier alpha value is -2.34. The van der Waals surface area contributed by atoms with Crippen molar-refractivity contribution in [1.29, 1.82) is 0 Å². The smallest absolute Gasteiger partial charge is 0.174 e. The van der Waals surface area contributed by atoms with Crippen molar-refractivity contribution < 1.29 is 9.47 Å². The first-order valence-electron chi connectivity index (χ1n) is 7.91. The van der Waals surface area contributed by atoms with Crippen molar-refractivity contribution >= 4 is 23.0 Å². The number of aromatic nitrogens is 1. The molecule has 1 heterocycles. The quantitative estimate of drug-likeness (QED) is 0.811. The van der Waals surface area contributed by atoms with Crippen molar-refractivity contribution in [2.75, 3.05) is 19.5 Å². The number of hydrogen-bond donors (Lipinski definition) is 1. The van der Waals surface area contributed by atoms with Crippen LogP contribution in [0.2, 0.25) is 0 Å². The highest BCUT2D eigenvalue weighted by Gasteiger charge is 2.31. The number of nitrogens with zero attached hydrogens (tertiary/aromatic N) is 2. The highest BCUT2D eigenvalue weighted by Crippen LogP contribution is 2.32. The number of pyridine rings is 1. The van der Waals surface area contributed by atoms with Gasteiger partial charge in [0.1, 0.15) is 11.5 Å². The molecule has 1 N–H and O–H groups in total. The third-order valence-electron chi connectivity index (χ3n) is 3.96. The zero-order chi connectivity index (χ0) is 16.9. The second-order valence-electron chi connectivity index (χ2n) is 5.68. The molecular weight excluding hydrogens is 322 g/mol. The fourth-order valence-corrected chi connectivity index (χ4v) is 2.84. The molecule has 0 unspecified atom stereocenters. The maximum atomic E-state index is 5.65. The van der Waals surface area contributed by atoms with E-state index in [1.165, 1.54) is 0 Å². The molecule has 1 saturated carbocycles. The van der Waals surface area contributed by atoms with Crippen LogP contribution < -0.4 is 14.8 Å². The van der Waals surface area contributed by atoms with E-state index in [9.17, 15) is 0 Å². The molecule has 1 aliphatic carbocycles. The van der Waals surface area contributed by atoms with E-state index in [1.54, 1.807) is 14.2 Å². The average Bonchev–Trinajstić information content (AvgIpc) is 3.45. The molecule has 1 fully saturated rings. The van der Waals surface area contributed by atoms with E-state index in [1.807, 2.05) is 42.6 Å². The molecule has 0 radical (unpaired) electrons. The first-order valence-corrected chi connectivity index (χ1v) is 8.31. The SMILES string of the molecule is COc1ccc(OC)c(NC(=S)N(Cc2ccccn2)C2CC2)c1. The van der Waals surface area contributed by atoms with E-state index in [-0.39, 0.29) is 0 Å². The Kier molecular flexibility index (Phi) is 5.15. The summed E-state index contributed by atoms with van der Waals surface area (Å²) in [6.07, 6.45) is 4.12. The van der Waals surface area contributed by atoms with Gasteiger partial charge in [-0.1, -0.05) is 6.07 Å². The van der Waals surface area contributed by atoms with Crippen molar-refractivity contribution in [3.05, 3.63) is 48.3 Å². The monoisotopic (exact) mass is 343 g/mol. The van der Waals surface area contributed by atoms with Gasteiger partial charge < -0.3 is 19.7 Å². The Morgan fingerprint density at radius 3 is 2.71 bits per heavy atom. The molecule has 0 spiro atoms. The number of thiocarbonyl (C=S) groups is 1. The molecule has 126 valence electrons. The lowest BCUT2D eigenvalue weighted by Crippen LogP contribution is -2.36. The predicted molar refractivity (Wildman–Crippen MR) is 98.6 cm³/mol. The second-order valence-corrected chi connectivity index (χ2v) is 6.06. The van der Waals surface area contributed by atoms with Crippen molar-refractivity contribution in [3.8, 4) is 11.5 Å². The molecule has 3 rings (SSSR count). The maximum absolute atomic E-state index is 5.65. The van der Waals surface area contributed by atoms with Crippen molar-refractivity contribution in [3.63, 3.8) is 0 Å². The van der Waals surface area contributed by atoms with Gasteiger partial charge in [-0.2, -0.15) is 0 Å². The molecule has 1 aliphatic rings. The number of methoxy groups -OCH3 is 2. The van der Waals surface area contributed by atoms with Crippen LogP contribution in [0.3, 0.4) is 0 Å². The van der Waals surface area contributed by atoms with Gasteiger partial charge in [0.05, 0.1) is 32.1 Å². The Balaban J connectivity index is 1.76. The van der Waals surface area contributed by atoms with Crippen molar-refractivity contribution in [1.82, 2.24) is 9.88 Å². The van der Waals surface area contributed by atoms with Gasteiger partial charge in [0.15, 0.2) is 5.11 Å². The first-order chi connectivity index (χ1) is 11.7. The van der Waals surface area contributed by atoms with Gasteiger partial charge in [-0.3, -0.25) is 4.98 Å². The summed E-state index contributed by atoms with van der Waals surface area (Å²) in [6, 6.07) is 12.0. The lowest BCUT2D eigenvalue weighted by Gasteiger charge is -2.26. The predicted octanol–water partition coefficient (Wildman–Crippen LogP) is 3.46. The molecule has 0 atom stereocenters. The summed E-state index contributed by atoms with van der Waals surface area (Å²) in [5.41, 5.74) is 1.81. The lowest BCUT2D eigenvalue weighted by atomic mass is 10.2. The summed E-state index contributed by atoms with van der Waals surface area (Å²) in [5.74, 6) is 1.48. The molecule has 0 saturated heterocycles. The number of ether oxygens (including phenoxy) is 2. The molecule has 2 aromatic rings. The lowest BCUT2D eigenvalue weighted by molar-refractivity contribution is 0.399. The van der Waals surface area contributed by atoms with Crippen LogP contribution in [0, 0.1) is 0 Å². The van der Waals surface area contributed by atoms with Crippen LogP contribution in [-0.4, -0.2) is 35.3 Å². The molecule has 0 amide bonds. The molecule has 24 heavy (non-hydrogen) atoms. The summed E-state index contributed by atoms with van der Waals surface area (Å²) in [4.78, 5) is 6.60. The Bertz CT molecular complexity index is 705. The molecular formula is C18H21N3O2S. The fraction of sp³-hybridized carbons (Fsp3) is 0.333. The highest BCUT2D eigenvalue weighted by molar-refractivity contribution is 7.80. The van der Waals surface area contributed by atoms with Crippen LogP contribution in [0.1, 0.15) is 18.5 Å². The summed E-state index contributed by atoms with van der Waals surface area (Å²) in [5, 5.41) is 3.98. The average molecular weight is 343 g/mol. The first kappa shape index (κ1) is 16.5. The third-order valence-corrected chi connectivity index (χ3v) is 4.29. The van der Waals surface area contributed by atoms with E-state index >= 15 is 0 Å². The molecule has 1 aromatic heterocycles. The fourth-order valence-electron chi connectivity index (χ4n) is 2.52. The summed E-state index contributed by atoms with van der Waals surface area (Å²) < 4.78 is 10.7. The van der Waals surface area contributed by atoms with E-state index in [4.69, 9.17) is 21.7 Å². The second kappa shape index (κ2) is 7.49. The standard InChI is InChI=1S/C18H21N3O2S/c1-22-15-8-9-17(23-2)16(11-15)20-18(24)21(14-6-7-14)12-13-5-3-4-10-19-13/h3-5,8-11,14H,6-7,12H2,1-2H3,(H,20,24). The zero-order valence-corrected chi connectivity index (χ0v) is 14.7. The Labute approximate surface area is 147 Å². The molecule has 1 aromatic carbocycles. The maximum Gasteiger partial charge on any atom is 0.174 e. The normalized spacial score (nSPS) is 13.2. The minimum absolute atomic E-state index is 0.476. The van der Waals surface area contributed by atoms with Crippen molar-refractivity contribution in [2.24, 2.45) is 0 Å². The topological polar surface area (TPSA) is 46.6 Å². The Morgan fingerprint density at radius 1 is 1.25 bits per heavy atom. The largest absolute Gasteiger partial charge is 0.497 e. The van der Waals surface area contributed by atoms with Crippen LogP contribution in [0.15, 0.2) is 42.6 Å². The van der Waals surface area contributed by atoms with Gasteiger partial charge in [-0.25, -0.2) is 0 Å². The Morgan fingerprint density at radius 2 is 2.08 bits per heavy atom.